The monoisotopic (exact) mass is 720 g/mol. The van der Waals surface area contributed by atoms with Crippen molar-refractivity contribution in [3.8, 4) is 0 Å². The Morgan fingerprint density at radius 2 is 1.65 bits per heavy atom. The Hall–Kier alpha value is -4.03. The molecule has 1 heterocycles. The number of unbranched alkanes of at least 4 members (excludes halogenated alkanes) is 4. The van der Waals surface area contributed by atoms with Gasteiger partial charge in [-0.25, -0.2) is 4.79 Å². The predicted octanol–water partition coefficient (Wildman–Crippen LogP) is 5.34. The number of hydrogen-bond acceptors (Lipinski definition) is 9. The number of carbonyl (C=O) groups is 3. The number of nitrogens with one attached hydrogen (secondary N) is 1. The molecule has 3 N–H and O–H groups in total. The number of hydrogen-bond donors (Lipinski definition) is 3. The van der Waals surface area contributed by atoms with Crippen LogP contribution in [0.15, 0.2) is 72.5 Å². The minimum Gasteiger partial charge on any atom is -0.499 e. The molecular weight excluding hydrogens is 664 g/mol. The molecule has 4 rings (SSSR count). The van der Waals surface area contributed by atoms with Gasteiger partial charge in [0, 0.05) is 44.8 Å². The van der Waals surface area contributed by atoms with Crippen molar-refractivity contribution in [1.82, 2.24) is 10.2 Å². The highest BCUT2D eigenvalue weighted by molar-refractivity contribution is 5.97. The minimum atomic E-state index is -0.864. The fraction of sp³-hybridized carbons (Fsp3) is 0.537. The summed E-state index contributed by atoms with van der Waals surface area (Å²) in [6.45, 7) is 4.24. The summed E-state index contributed by atoms with van der Waals surface area (Å²) in [5, 5.41) is 21.0. The first-order valence-corrected chi connectivity index (χ1v) is 18.7. The van der Waals surface area contributed by atoms with Crippen molar-refractivity contribution < 1.29 is 43.5 Å². The zero-order valence-corrected chi connectivity index (χ0v) is 30.8. The first kappa shape index (κ1) is 40.7. The molecule has 0 aromatic heterocycles. The normalized spacial score (nSPS) is 19.8. The maximum absolute atomic E-state index is 14.3. The summed E-state index contributed by atoms with van der Waals surface area (Å²) in [6, 6.07) is 15.4. The zero-order valence-electron chi connectivity index (χ0n) is 30.8. The lowest BCUT2D eigenvalue weighted by molar-refractivity contribution is -0.190. The van der Waals surface area contributed by atoms with Gasteiger partial charge in [-0.05, 0) is 48.3 Å². The van der Waals surface area contributed by atoms with E-state index in [-0.39, 0.29) is 51.0 Å². The number of esters is 1. The first-order valence-electron chi connectivity index (χ1n) is 18.7. The van der Waals surface area contributed by atoms with Gasteiger partial charge >= 0.3 is 5.97 Å². The molecule has 0 bridgehead atoms. The van der Waals surface area contributed by atoms with Crippen molar-refractivity contribution in [3.05, 3.63) is 89.2 Å². The highest BCUT2D eigenvalue weighted by Crippen LogP contribution is 2.43. The van der Waals surface area contributed by atoms with Gasteiger partial charge in [0.15, 0.2) is 5.79 Å². The highest BCUT2D eigenvalue weighted by atomic mass is 16.8. The van der Waals surface area contributed by atoms with Crippen LogP contribution in [-0.2, 0) is 35.0 Å². The van der Waals surface area contributed by atoms with Crippen molar-refractivity contribution >= 4 is 23.9 Å². The van der Waals surface area contributed by atoms with Crippen molar-refractivity contribution in [2.75, 3.05) is 33.4 Å². The Morgan fingerprint density at radius 1 is 0.962 bits per heavy atom. The van der Waals surface area contributed by atoms with E-state index in [4.69, 9.17) is 24.1 Å². The Morgan fingerprint density at radius 3 is 2.29 bits per heavy atom. The molecule has 2 aliphatic rings. The molecule has 2 aromatic rings. The second-order valence-electron chi connectivity index (χ2n) is 13.5. The Bertz CT molecular complexity index is 1470. The molecule has 0 saturated carbocycles. The van der Waals surface area contributed by atoms with Gasteiger partial charge in [0.1, 0.15) is 31.0 Å². The van der Waals surface area contributed by atoms with Crippen LogP contribution in [0, 0.1) is 0 Å². The lowest BCUT2D eigenvalue weighted by Crippen LogP contribution is -2.51. The van der Waals surface area contributed by atoms with Gasteiger partial charge in [0.05, 0.1) is 25.0 Å². The van der Waals surface area contributed by atoms with Crippen LogP contribution in [0.2, 0.25) is 0 Å². The molecule has 1 aliphatic heterocycles. The molecule has 4 unspecified atom stereocenters. The number of likely N-dealkylation sites (N-methyl/N-ethyl adjacent to an activating group) is 1. The van der Waals surface area contributed by atoms with Gasteiger partial charge in [-0.3, -0.25) is 9.59 Å². The van der Waals surface area contributed by atoms with E-state index in [1.165, 1.54) is 11.2 Å². The van der Waals surface area contributed by atoms with Crippen LogP contribution in [-0.4, -0.2) is 96.5 Å². The third kappa shape index (κ3) is 11.5. The van der Waals surface area contributed by atoms with Crippen LogP contribution in [0.5, 0.6) is 0 Å². The number of amides is 2. The standard InChI is InChI=1S/C41H56N2O9/c1-4-6-11-20-41(21-12-7-5-2)51-36-29-33(39(47)43(3)34(38(46)42-22-23-44)27-31-13-9-8-10-14-31)28-35(37(36)52-41)50-40(48)32-17-15-30(16-18-32)19-25-49-26-24-45/h8-10,13-19,25,29,34-37,44-45H,4-7,11-12,20-24,26-28H2,1-3H3,(H,42,46). The molecule has 2 aromatic carbocycles. The number of aliphatic hydroxyl groups excluding tert-OH is 2. The molecule has 1 aliphatic carbocycles. The summed E-state index contributed by atoms with van der Waals surface area (Å²) in [4.78, 5) is 42.7. The molecule has 52 heavy (non-hydrogen) atoms. The molecular formula is C41H56N2O9. The molecule has 2 amide bonds. The SMILES string of the molecule is CCCCCC1(CCCCC)OC2C=C(C(=O)N(C)C(Cc3ccccc3)C(=O)NCCO)CC(OC(=O)c3ccc(C=COCCO)cc3)C2O1. The molecule has 1 saturated heterocycles. The van der Waals surface area contributed by atoms with E-state index in [1.807, 2.05) is 30.3 Å². The molecule has 11 nitrogen and oxygen atoms in total. The fourth-order valence-electron chi connectivity index (χ4n) is 6.68. The number of carbonyl (C=O) groups excluding carboxylic acids is 3. The lowest BCUT2D eigenvalue weighted by Gasteiger charge is -2.33. The molecule has 11 heteroatoms. The van der Waals surface area contributed by atoms with Gasteiger partial charge in [0.25, 0.3) is 0 Å². The summed E-state index contributed by atoms with van der Waals surface area (Å²) in [5.41, 5.74) is 2.39. The fourth-order valence-corrected chi connectivity index (χ4v) is 6.68. The van der Waals surface area contributed by atoms with E-state index in [0.29, 0.717) is 24.0 Å². The number of ether oxygens (including phenoxy) is 4. The van der Waals surface area contributed by atoms with E-state index < -0.39 is 36.1 Å². The average molecular weight is 721 g/mol. The average Bonchev–Trinajstić information content (AvgIpc) is 3.53. The topological polar surface area (TPSA) is 144 Å². The van der Waals surface area contributed by atoms with Gasteiger partial charge in [0.2, 0.25) is 11.8 Å². The number of nitrogens with zero attached hydrogens (tertiary/aromatic N) is 1. The largest absolute Gasteiger partial charge is 0.499 e. The second-order valence-corrected chi connectivity index (χ2v) is 13.5. The minimum absolute atomic E-state index is 0.0642. The molecule has 0 radical (unpaired) electrons. The van der Waals surface area contributed by atoms with Crippen molar-refractivity contribution in [2.45, 2.75) is 108 Å². The van der Waals surface area contributed by atoms with E-state index >= 15 is 0 Å². The maximum Gasteiger partial charge on any atom is 0.338 e. The van der Waals surface area contributed by atoms with Gasteiger partial charge in [-0.15, -0.1) is 0 Å². The third-order valence-corrected chi connectivity index (χ3v) is 9.52. The Labute approximate surface area is 308 Å². The van der Waals surface area contributed by atoms with Gasteiger partial charge in [-0.1, -0.05) is 82.0 Å². The van der Waals surface area contributed by atoms with Crippen LogP contribution in [0.25, 0.3) is 6.08 Å². The highest BCUT2D eigenvalue weighted by Gasteiger charge is 2.52. The third-order valence-electron chi connectivity index (χ3n) is 9.52. The Balaban J connectivity index is 1.62. The molecule has 4 atom stereocenters. The first-order chi connectivity index (χ1) is 25.2. The second kappa shape index (κ2) is 20.9. The van der Waals surface area contributed by atoms with Crippen LogP contribution >= 0.6 is 0 Å². The van der Waals surface area contributed by atoms with E-state index in [9.17, 15) is 19.5 Å². The number of aliphatic hydroxyl groups is 2. The molecule has 1 fully saturated rings. The van der Waals surface area contributed by atoms with Gasteiger partial charge in [-0.2, -0.15) is 0 Å². The maximum atomic E-state index is 14.3. The molecule has 284 valence electrons. The van der Waals surface area contributed by atoms with Crippen LogP contribution < -0.4 is 5.32 Å². The number of rotatable bonds is 21. The quantitative estimate of drug-likeness (QED) is 0.0885. The van der Waals surface area contributed by atoms with Crippen LogP contribution in [0.1, 0.15) is 93.1 Å². The van der Waals surface area contributed by atoms with E-state index in [1.54, 1.807) is 43.5 Å². The van der Waals surface area contributed by atoms with Gasteiger partial charge < -0.3 is 39.4 Å². The molecule has 0 spiro atoms. The smallest absolute Gasteiger partial charge is 0.338 e. The Kier molecular flexibility index (Phi) is 16.3. The van der Waals surface area contributed by atoms with Crippen molar-refractivity contribution in [1.29, 1.82) is 0 Å². The summed E-state index contributed by atoms with van der Waals surface area (Å²) in [6.07, 6.45) is 10.6. The van der Waals surface area contributed by atoms with Crippen molar-refractivity contribution in [2.24, 2.45) is 0 Å². The van der Waals surface area contributed by atoms with Crippen LogP contribution in [0.4, 0.5) is 0 Å². The number of benzene rings is 2. The zero-order chi connectivity index (χ0) is 37.3. The van der Waals surface area contributed by atoms with Crippen LogP contribution in [0.3, 0.4) is 0 Å². The summed E-state index contributed by atoms with van der Waals surface area (Å²) >= 11 is 0. The van der Waals surface area contributed by atoms with E-state index in [0.717, 1.165) is 49.7 Å². The van der Waals surface area contributed by atoms with E-state index in [2.05, 4.69) is 19.2 Å². The summed E-state index contributed by atoms with van der Waals surface area (Å²) in [7, 11) is 1.60. The number of fused-ring (bicyclic) bond motifs is 1. The van der Waals surface area contributed by atoms with Crippen molar-refractivity contribution in [3.63, 3.8) is 0 Å². The predicted molar refractivity (Wildman–Crippen MR) is 198 cm³/mol. The lowest BCUT2D eigenvalue weighted by atomic mass is 9.90. The summed E-state index contributed by atoms with van der Waals surface area (Å²) in [5.74, 6) is -2.17. The summed E-state index contributed by atoms with van der Waals surface area (Å²) < 4.78 is 24.9.